The molecule has 4 aromatic rings. The number of aryl methyl sites for hydroxylation is 2. The number of thioether (sulfide) groups is 1. The average molecular weight is 426 g/mol. The van der Waals surface area contributed by atoms with Crippen LogP contribution in [0.15, 0.2) is 41.6 Å². The van der Waals surface area contributed by atoms with Crippen molar-refractivity contribution in [2.75, 3.05) is 11.1 Å². The number of para-hydroxylation sites is 1. The lowest BCUT2D eigenvalue weighted by Gasteiger charge is -2.14. The van der Waals surface area contributed by atoms with Crippen LogP contribution in [-0.2, 0) is 17.6 Å². The number of anilines is 1. The van der Waals surface area contributed by atoms with Crippen molar-refractivity contribution in [1.29, 1.82) is 0 Å². The minimum atomic E-state index is -0.0854. The number of hydrogen-bond donors (Lipinski definition) is 2. The molecule has 0 saturated heterocycles. The SMILES string of the molecule is CCc1cccc(CC)c1NC(=O)CSc1nnc2c(n1)[nH]c1ccc(Cl)cc12. The Morgan fingerprint density at radius 2 is 1.90 bits per heavy atom. The largest absolute Gasteiger partial charge is 0.338 e. The molecule has 4 rings (SSSR count). The summed E-state index contributed by atoms with van der Waals surface area (Å²) in [6, 6.07) is 11.7. The van der Waals surface area contributed by atoms with E-state index in [-0.39, 0.29) is 11.7 Å². The molecule has 0 unspecified atom stereocenters. The molecule has 0 bridgehead atoms. The summed E-state index contributed by atoms with van der Waals surface area (Å²) < 4.78 is 0. The van der Waals surface area contributed by atoms with Crippen molar-refractivity contribution in [3.8, 4) is 0 Å². The summed E-state index contributed by atoms with van der Waals surface area (Å²) in [6.07, 6.45) is 1.73. The molecule has 1 amide bonds. The normalized spacial score (nSPS) is 11.3. The minimum absolute atomic E-state index is 0.0854. The van der Waals surface area contributed by atoms with Crippen LogP contribution in [-0.4, -0.2) is 31.8 Å². The number of halogens is 1. The maximum Gasteiger partial charge on any atom is 0.234 e. The number of amides is 1. The molecule has 29 heavy (non-hydrogen) atoms. The van der Waals surface area contributed by atoms with Crippen LogP contribution in [0, 0.1) is 0 Å². The summed E-state index contributed by atoms with van der Waals surface area (Å²) in [5, 5.41) is 13.5. The first-order valence-corrected chi connectivity index (χ1v) is 10.8. The van der Waals surface area contributed by atoms with E-state index in [0.29, 0.717) is 21.3 Å². The van der Waals surface area contributed by atoms with E-state index in [9.17, 15) is 4.79 Å². The highest BCUT2D eigenvalue weighted by Gasteiger charge is 2.13. The highest BCUT2D eigenvalue weighted by molar-refractivity contribution is 7.99. The fourth-order valence-electron chi connectivity index (χ4n) is 3.30. The molecule has 2 aromatic heterocycles. The smallest absolute Gasteiger partial charge is 0.234 e. The lowest BCUT2D eigenvalue weighted by Crippen LogP contribution is -2.17. The summed E-state index contributed by atoms with van der Waals surface area (Å²) in [4.78, 5) is 20.2. The van der Waals surface area contributed by atoms with Crippen LogP contribution >= 0.6 is 23.4 Å². The van der Waals surface area contributed by atoms with Crippen LogP contribution in [0.4, 0.5) is 5.69 Å². The molecule has 2 heterocycles. The van der Waals surface area contributed by atoms with Crippen molar-refractivity contribution < 1.29 is 4.79 Å². The van der Waals surface area contributed by atoms with E-state index in [0.717, 1.165) is 40.6 Å². The molecule has 2 N–H and O–H groups in total. The molecule has 0 fully saturated rings. The monoisotopic (exact) mass is 425 g/mol. The molecule has 0 aliphatic carbocycles. The minimum Gasteiger partial charge on any atom is -0.338 e. The van der Waals surface area contributed by atoms with Gasteiger partial charge in [-0.3, -0.25) is 4.79 Å². The summed E-state index contributed by atoms with van der Waals surface area (Å²) in [7, 11) is 0. The number of rotatable bonds is 6. The van der Waals surface area contributed by atoms with Gasteiger partial charge in [0.15, 0.2) is 5.65 Å². The quantitative estimate of drug-likeness (QED) is 0.424. The number of benzene rings is 2. The highest BCUT2D eigenvalue weighted by atomic mass is 35.5. The number of fused-ring (bicyclic) bond motifs is 3. The molecule has 0 spiro atoms. The van der Waals surface area contributed by atoms with Crippen LogP contribution in [0.25, 0.3) is 22.1 Å². The van der Waals surface area contributed by atoms with Gasteiger partial charge in [0.2, 0.25) is 11.1 Å². The van der Waals surface area contributed by atoms with Crippen LogP contribution < -0.4 is 5.32 Å². The third-order valence-corrected chi connectivity index (χ3v) is 5.83. The van der Waals surface area contributed by atoms with E-state index < -0.39 is 0 Å². The van der Waals surface area contributed by atoms with Crippen molar-refractivity contribution in [3.63, 3.8) is 0 Å². The zero-order valence-corrected chi connectivity index (χ0v) is 17.7. The Hall–Kier alpha value is -2.64. The fourth-order valence-corrected chi connectivity index (χ4v) is 4.06. The number of aromatic nitrogens is 4. The molecular weight excluding hydrogens is 406 g/mol. The zero-order valence-electron chi connectivity index (χ0n) is 16.1. The molecule has 2 aromatic carbocycles. The van der Waals surface area contributed by atoms with Crippen LogP contribution in [0.3, 0.4) is 0 Å². The van der Waals surface area contributed by atoms with Gasteiger partial charge in [0.1, 0.15) is 5.52 Å². The Labute approximate surface area is 177 Å². The van der Waals surface area contributed by atoms with E-state index >= 15 is 0 Å². The molecule has 0 atom stereocenters. The standard InChI is InChI=1S/C21H20ClN5OS/c1-3-12-6-5-7-13(4-2)18(12)24-17(28)11-29-21-25-20-19(26-27-21)15-10-14(22)8-9-16(15)23-20/h5-10H,3-4,11H2,1-2H3,(H,24,28)(H,23,25,27). The van der Waals surface area contributed by atoms with Gasteiger partial charge < -0.3 is 10.3 Å². The van der Waals surface area contributed by atoms with Crippen LogP contribution in [0.2, 0.25) is 5.02 Å². The summed E-state index contributed by atoms with van der Waals surface area (Å²) in [5.74, 6) is 0.123. The predicted molar refractivity (Wildman–Crippen MR) is 119 cm³/mol. The van der Waals surface area contributed by atoms with E-state index in [2.05, 4.69) is 39.3 Å². The molecule has 0 radical (unpaired) electrons. The van der Waals surface area contributed by atoms with Gasteiger partial charge in [-0.2, -0.15) is 0 Å². The lowest BCUT2D eigenvalue weighted by atomic mass is 10.0. The van der Waals surface area contributed by atoms with Crippen molar-refractivity contribution in [2.24, 2.45) is 0 Å². The van der Waals surface area contributed by atoms with Crippen molar-refractivity contribution in [3.05, 3.63) is 52.5 Å². The molecule has 0 aliphatic heterocycles. The van der Waals surface area contributed by atoms with Gasteiger partial charge in [-0.1, -0.05) is 55.4 Å². The van der Waals surface area contributed by atoms with E-state index in [1.165, 1.54) is 11.8 Å². The van der Waals surface area contributed by atoms with E-state index in [4.69, 9.17) is 11.6 Å². The molecule has 0 aliphatic rings. The Morgan fingerprint density at radius 1 is 1.14 bits per heavy atom. The Kier molecular flexibility index (Phi) is 5.69. The van der Waals surface area contributed by atoms with Crippen molar-refractivity contribution in [2.45, 2.75) is 31.8 Å². The second kappa shape index (κ2) is 8.39. The van der Waals surface area contributed by atoms with E-state index in [1.807, 2.05) is 36.4 Å². The summed E-state index contributed by atoms with van der Waals surface area (Å²) >= 11 is 7.33. The third kappa shape index (κ3) is 4.06. The molecule has 0 saturated carbocycles. The first kappa shape index (κ1) is 19.7. The van der Waals surface area contributed by atoms with Gasteiger partial charge in [0, 0.05) is 21.6 Å². The lowest BCUT2D eigenvalue weighted by molar-refractivity contribution is -0.113. The number of nitrogens with one attached hydrogen (secondary N) is 2. The highest BCUT2D eigenvalue weighted by Crippen LogP contribution is 2.27. The topological polar surface area (TPSA) is 83.6 Å². The molecule has 148 valence electrons. The maximum absolute atomic E-state index is 12.5. The maximum atomic E-state index is 12.5. The molecule has 8 heteroatoms. The number of H-pyrrole nitrogens is 1. The predicted octanol–water partition coefficient (Wildman–Crippen LogP) is 5.02. The number of hydrogen-bond acceptors (Lipinski definition) is 5. The van der Waals surface area contributed by atoms with Crippen molar-refractivity contribution >= 4 is 57.0 Å². The Balaban J connectivity index is 1.50. The van der Waals surface area contributed by atoms with Gasteiger partial charge in [-0.25, -0.2) is 4.98 Å². The average Bonchev–Trinajstić information content (AvgIpc) is 3.09. The number of nitrogens with zero attached hydrogens (tertiary/aromatic N) is 3. The second-order valence-corrected chi connectivity index (χ2v) is 7.98. The molecular formula is C21H20ClN5OS. The van der Waals surface area contributed by atoms with Crippen LogP contribution in [0.5, 0.6) is 0 Å². The van der Waals surface area contributed by atoms with Gasteiger partial charge >= 0.3 is 0 Å². The zero-order chi connectivity index (χ0) is 20.4. The van der Waals surface area contributed by atoms with Gasteiger partial charge in [-0.15, -0.1) is 10.2 Å². The van der Waals surface area contributed by atoms with Gasteiger partial charge in [-0.05, 0) is 42.2 Å². The first-order chi connectivity index (χ1) is 14.1. The third-order valence-electron chi connectivity index (χ3n) is 4.75. The summed E-state index contributed by atoms with van der Waals surface area (Å²) in [6.45, 7) is 4.17. The van der Waals surface area contributed by atoms with Crippen molar-refractivity contribution in [1.82, 2.24) is 20.2 Å². The summed E-state index contributed by atoms with van der Waals surface area (Å²) in [5.41, 5.74) is 5.39. The van der Waals surface area contributed by atoms with E-state index in [1.54, 1.807) is 0 Å². The molecule has 6 nitrogen and oxygen atoms in total. The number of carbonyl (C=O) groups is 1. The second-order valence-electron chi connectivity index (χ2n) is 6.60. The number of aromatic amines is 1. The van der Waals surface area contributed by atoms with Gasteiger partial charge in [0.05, 0.1) is 5.75 Å². The first-order valence-electron chi connectivity index (χ1n) is 9.44. The fraction of sp³-hybridized carbons (Fsp3) is 0.238. The number of carbonyl (C=O) groups excluding carboxylic acids is 1. The van der Waals surface area contributed by atoms with Crippen LogP contribution in [0.1, 0.15) is 25.0 Å². The van der Waals surface area contributed by atoms with Gasteiger partial charge in [0.25, 0.3) is 0 Å². The Bertz CT molecular complexity index is 1180. The Morgan fingerprint density at radius 3 is 2.62 bits per heavy atom.